The van der Waals surface area contributed by atoms with Crippen molar-refractivity contribution < 1.29 is 36.6 Å². The minimum Gasteiger partial charge on any atom is -0.478 e. The fourth-order valence-corrected chi connectivity index (χ4v) is 5.15. The summed E-state index contributed by atoms with van der Waals surface area (Å²) in [6.45, 7) is 7.34. The van der Waals surface area contributed by atoms with Crippen molar-refractivity contribution >= 4 is 41.5 Å². The van der Waals surface area contributed by atoms with Crippen molar-refractivity contribution in [2.75, 3.05) is 6.26 Å². The van der Waals surface area contributed by atoms with Crippen LogP contribution in [0.2, 0.25) is 0 Å². The summed E-state index contributed by atoms with van der Waals surface area (Å²) in [6.07, 6.45) is 1.08. The lowest BCUT2D eigenvalue weighted by atomic mass is 10.0. The van der Waals surface area contributed by atoms with Crippen LogP contribution in [0.4, 0.5) is 0 Å². The molecule has 0 spiro atoms. The Balaban J connectivity index is 0.000000320. The fraction of sp³-hybridized carbons (Fsp3) is 0.333. The summed E-state index contributed by atoms with van der Waals surface area (Å²) in [5.74, 6) is -2.32. The van der Waals surface area contributed by atoms with Crippen LogP contribution >= 0.6 is 10.7 Å². The second kappa shape index (κ2) is 10.5. The number of hydrogen-bond donors (Lipinski definition) is 2. The van der Waals surface area contributed by atoms with Gasteiger partial charge in [-0.25, -0.2) is 26.4 Å². The maximum absolute atomic E-state index is 11.5. The van der Waals surface area contributed by atoms with Crippen LogP contribution in [-0.4, -0.2) is 45.2 Å². The van der Waals surface area contributed by atoms with Crippen LogP contribution in [0.25, 0.3) is 0 Å². The molecule has 0 saturated heterocycles. The summed E-state index contributed by atoms with van der Waals surface area (Å²) in [5, 5.41) is 17.6. The van der Waals surface area contributed by atoms with Gasteiger partial charge in [-0.15, -0.1) is 0 Å². The van der Waals surface area contributed by atoms with E-state index >= 15 is 0 Å². The van der Waals surface area contributed by atoms with Crippen LogP contribution in [0.15, 0.2) is 46.2 Å². The third-order valence-corrected chi connectivity index (χ3v) is 6.96. The lowest BCUT2D eigenvalue weighted by molar-refractivity contribution is 0.0685. The first-order valence-electron chi connectivity index (χ1n) is 9.36. The van der Waals surface area contributed by atoms with Crippen LogP contribution in [0.5, 0.6) is 0 Å². The van der Waals surface area contributed by atoms with E-state index < -0.39 is 30.8 Å². The van der Waals surface area contributed by atoms with Gasteiger partial charge < -0.3 is 10.2 Å². The predicted molar refractivity (Wildman–Crippen MR) is 121 cm³/mol. The molecular weight excluding hydrogens is 480 g/mol. The summed E-state index contributed by atoms with van der Waals surface area (Å²) in [5.41, 5.74) is 1.06. The average Bonchev–Trinajstić information content (AvgIpc) is 2.65. The molecule has 8 nitrogen and oxygen atoms in total. The standard InChI is InChI=1S/C11H14O4S.C10H11ClO4S/c1-7(2)9-5-4-8(11(12)13)6-10(9)16(3,14)15;1-6(2)8-4-3-7(10(12)13)5-9(8)16(11,14)15/h4-7H,1-3H3,(H,12,13);3-6H,1-2H3,(H,12,13). The van der Waals surface area contributed by atoms with Gasteiger partial charge in [0.05, 0.1) is 20.9 Å². The number of aromatic carboxylic acids is 2. The molecular formula is C21H25ClO8S2. The third-order valence-electron chi connectivity index (χ3n) is 4.43. The molecule has 176 valence electrons. The van der Waals surface area contributed by atoms with Gasteiger partial charge in [0.1, 0.15) is 0 Å². The number of sulfone groups is 1. The van der Waals surface area contributed by atoms with E-state index in [0.717, 1.165) is 12.3 Å². The van der Waals surface area contributed by atoms with E-state index in [0.29, 0.717) is 11.1 Å². The molecule has 0 heterocycles. The van der Waals surface area contributed by atoms with E-state index in [9.17, 15) is 26.4 Å². The summed E-state index contributed by atoms with van der Waals surface area (Å²) in [7, 11) is -2.06. The molecule has 0 aliphatic heterocycles. The second-order valence-electron chi connectivity index (χ2n) is 7.63. The van der Waals surface area contributed by atoms with Gasteiger partial charge in [-0.1, -0.05) is 39.8 Å². The van der Waals surface area contributed by atoms with E-state index in [4.69, 9.17) is 20.9 Å². The van der Waals surface area contributed by atoms with Gasteiger partial charge in [0.25, 0.3) is 9.05 Å². The minimum atomic E-state index is -3.93. The minimum absolute atomic E-state index is 0.00942. The Bertz CT molecular complexity index is 1130. The summed E-state index contributed by atoms with van der Waals surface area (Å²) >= 11 is 0. The average molecular weight is 505 g/mol. The highest BCUT2D eigenvalue weighted by molar-refractivity contribution is 8.13. The normalized spacial score (nSPS) is 11.8. The highest BCUT2D eigenvalue weighted by Gasteiger charge is 2.20. The summed E-state index contributed by atoms with van der Waals surface area (Å²) in [6, 6.07) is 8.12. The van der Waals surface area contributed by atoms with Gasteiger partial charge >= 0.3 is 11.9 Å². The van der Waals surface area contributed by atoms with Gasteiger partial charge in [-0.3, -0.25) is 0 Å². The van der Waals surface area contributed by atoms with Crippen molar-refractivity contribution in [2.24, 2.45) is 0 Å². The zero-order valence-corrected chi connectivity index (χ0v) is 20.5. The number of carboxylic acids is 2. The number of rotatable bonds is 6. The molecule has 0 atom stereocenters. The number of halogens is 1. The van der Waals surface area contributed by atoms with Crippen LogP contribution in [0, 0.1) is 0 Å². The predicted octanol–water partition coefficient (Wildman–Crippen LogP) is 4.35. The maximum atomic E-state index is 11.5. The molecule has 0 saturated carbocycles. The summed E-state index contributed by atoms with van der Waals surface area (Å²) in [4.78, 5) is 21.5. The molecule has 0 bridgehead atoms. The van der Waals surface area contributed by atoms with Crippen molar-refractivity contribution in [1.82, 2.24) is 0 Å². The van der Waals surface area contributed by atoms with E-state index in [2.05, 4.69) is 0 Å². The SMILES string of the molecule is CC(C)c1ccc(C(=O)O)cc1S(=O)(=O)Cl.CC(C)c1ccc(C(=O)O)cc1S(C)(=O)=O. The molecule has 2 aromatic carbocycles. The zero-order chi connectivity index (χ0) is 25.0. The maximum Gasteiger partial charge on any atom is 0.335 e. The first kappa shape index (κ1) is 27.6. The molecule has 2 aromatic rings. The highest BCUT2D eigenvalue weighted by atomic mass is 35.7. The Kier molecular flexibility index (Phi) is 9.02. The molecule has 0 amide bonds. The van der Waals surface area contributed by atoms with Gasteiger partial charge in [0.15, 0.2) is 9.84 Å². The molecule has 0 radical (unpaired) electrons. The fourth-order valence-electron chi connectivity index (χ4n) is 2.82. The van der Waals surface area contributed by atoms with E-state index in [1.807, 2.05) is 13.8 Å². The molecule has 0 aromatic heterocycles. The van der Waals surface area contributed by atoms with Gasteiger partial charge in [0, 0.05) is 16.9 Å². The van der Waals surface area contributed by atoms with Gasteiger partial charge in [-0.2, -0.15) is 0 Å². The van der Waals surface area contributed by atoms with Crippen molar-refractivity contribution in [2.45, 2.75) is 49.3 Å². The Hall–Kier alpha value is -2.43. The second-order valence-corrected chi connectivity index (χ2v) is 12.2. The largest absolute Gasteiger partial charge is 0.478 e. The Morgan fingerprint density at radius 1 is 0.750 bits per heavy atom. The van der Waals surface area contributed by atoms with Crippen molar-refractivity contribution in [3.8, 4) is 0 Å². The summed E-state index contributed by atoms with van der Waals surface area (Å²) < 4.78 is 45.7. The molecule has 2 N–H and O–H groups in total. The lowest BCUT2D eigenvalue weighted by Gasteiger charge is -2.11. The van der Waals surface area contributed by atoms with Crippen molar-refractivity contribution in [1.29, 1.82) is 0 Å². The van der Waals surface area contributed by atoms with Gasteiger partial charge in [-0.05, 0) is 47.2 Å². The number of hydrogen-bond acceptors (Lipinski definition) is 6. The third kappa shape index (κ3) is 7.32. The van der Waals surface area contributed by atoms with Crippen LogP contribution in [0.1, 0.15) is 71.4 Å². The molecule has 2 rings (SSSR count). The van der Waals surface area contributed by atoms with E-state index in [1.165, 1.54) is 24.3 Å². The van der Waals surface area contributed by atoms with Crippen LogP contribution in [-0.2, 0) is 18.9 Å². The molecule has 0 aliphatic carbocycles. The highest BCUT2D eigenvalue weighted by Crippen LogP contribution is 2.27. The van der Waals surface area contributed by atoms with E-state index in [1.54, 1.807) is 19.9 Å². The quantitative estimate of drug-likeness (QED) is 0.552. The lowest BCUT2D eigenvalue weighted by Crippen LogP contribution is -2.07. The zero-order valence-electron chi connectivity index (χ0n) is 18.2. The monoisotopic (exact) mass is 504 g/mol. The smallest absolute Gasteiger partial charge is 0.335 e. The van der Waals surface area contributed by atoms with Crippen LogP contribution in [0.3, 0.4) is 0 Å². The van der Waals surface area contributed by atoms with E-state index in [-0.39, 0.29) is 32.8 Å². The molecule has 0 aliphatic rings. The molecule has 0 fully saturated rings. The number of benzene rings is 2. The first-order chi connectivity index (χ1) is 14.5. The van der Waals surface area contributed by atoms with Crippen molar-refractivity contribution in [3.05, 3.63) is 58.7 Å². The molecule has 11 heteroatoms. The van der Waals surface area contributed by atoms with Gasteiger partial charge in [0.2, 0.25) is 0 Å². The number of carbonyl (C=O) groups is 2. The topological polar surface area (TPSA) is 143 Å². The van der Waals surface area contributed by atoms with Crippen LogP contribution < -0.4 is 0 Å². The Morgan fingerprint density at radius 3 is 1.38 bits per heavy atom. The Morgan fingerprint density at radius 2 is 1.09 bits per heavy atom. The molecule has 0 unspecified atom stereocenters. The van der Waals surface area contributed by atoms with Crippen molar-refractivity contribution in [3.63, 3.8) is 0 Å². The Labute approximate surface area is 192 Å². The first-order valence-corrected chi connectivity index (χ1v) is 13.6. The number of carboxylic acid groups (broad SMARTS) is 2. The molecule has 32 heavy (non-hydrogen) atoms.